The van der Waals surface area contributed by atoms with Crippen LogP contribution in [-0.4, -0.2) is 44.9 Å². The average molecular weight is 434 g/mol. The number of carbonyl (C=O) groups excluding carboxylic acids is 1. The van der Waals surface area contributed by atoms with Crippen LogP contribution in [0, 0.1) is 19.3 Å². The summed E-state index contributed by atoms with van der Waals surface area (Å²) < 4.78 is 0. The third-order valence-electron chi connectivity index (χ3n) is 5.55. The number of thioether (sulfide) groups is 1. The molecule has 1 aromatic carbocycles. The predicted molar refractivity (Wildman–Crippen MR) is 123 cm³/mol. The molecule has 2 rings (SSSR count). The van der Waals surface area contributed by atoms with Crippen molar-refractivity contribution in [3.63, 3.8) is 0 Å². The van der Waals surface area contributed by atoms with Crippen molar-refractivity contribution in [2.45, 2.75) is 78.6 Å². The van der Waals surface area contributed by atoms with Crippen LogP contribution < -0.4 is 0 Å². The lowest BCUT2D eigenvalue weighted by molar-refractivity contribution is -0.131. The van der Waals surface area contributed by atoms with E-state index >= 15 is 0 Å². The summed E-state index contributed by atoms with van der Waals surface area (Å²) >= 11 is 1.35. The molecule has 0 spiro atoms. The topological polar surface area (TPSA) is 77.8 Å². The molecule has 1 amide bonds. The van der Waals surface area contributed by atoms with E-state index in [2.05, 4.69) is 20.8 Å². The summed E-state index contributed by atoms with van der Waals surface area (Å²) in [5, 5.41) is 20.2. The lowest BCUT2D eigenvalue weighted by Gasteiger charge is -2.29. The molecular formula is C24H35NO4S. The number of nitrogens with zero attached hydrogens (tertiary/aromatic N) is 1. The van der Waals surface area contributed by atoms with Gasteiger partial charge in [-0.15, -0.1) is 11.8 Å². The van der Waals surface area contributed by atoms with Gasteiger partial charge in [-0.05, 0) is 43.7 Å². The van der Waals surface area contributed by atoms with E-state index in [9.17, 15) is 19.8 Å². The summed E-state index contributed by atoms with van der Waals surface area (Å²) in [5.41, 5.74) is 3.00. The minimum atomic E-state index is -0.991. The number of aliphatic hydroxyl groups is 1. The first-order chi connectivity index (χ1) is 14.0. The molecule has 2 N–H and O–H groups in total. The third-order valence-corrected chi connectivity index (χ3v) is 7.36. The monoisotopic (exact) mass is 433 g/mol. The van der Waals surface area contributed by atoms with E-state index in [0.717, 1.165) is 17.5 Å². The molecule has 0 saturated carbocycles. The Morgan fingerprint density at radius 3 is 2.43 bits per heavy atom. The molecule has 30 heavy (non-hydrogen) atoms. The Balaban J connectivity index is 2.44. The van der Waals surface area contributed by atoms with Gasteiger partial charge in [-0.3, -0.25) is 4.79 Å². The molecule has 0 saturated heterocycles. The first-order valence-electron chi connectivity index (χ1n) is 10.7. The van der Waals surface area contributed by atoms with Crippen LogP contribution in [0.4, 0.5) is 0 Å². The van der Waals surface area contributed by atoms with E-state index in [1.807, 2.05) is 39.0 Å². The van der Waals surface area contributed by atoms with Crippen LogP contribution in [0.2, 0.25) is 0 Å². The molecule has 6 heteroatoms. The van der Waals surface area contributed by atoms with E-state index in [1.165, 1.54) is 11.8 Å². The van der Waals surface area contributed by atoms with Gasteiger partial charge in [0.05, 0.1) is 6.10 Å². The number of carboxylic acid groups (broad SMARTS) is 1. The number of carbonyl (C=O) groups is 2. The Kier molecular flexibility index (Phi) is 8.17. The van der Waals surface area contributed by atoms with Gasteiger partial charge in [0.2, 0.25) is 0 Å². The molecule has 2 unspecified atom stereocenters. The maximum Gasteiger partial charge on any atom is 0.343 e. The van der Waals surface area contributed by atoms with Crippen molar-refractivity contribution in [1.82, 2.24) is 4.90 Å². The smallest absolute Gasteiger partial charge is 0.343 e. The number of aliphatic carboxylic acids is 1. The lowest BCUT2D eigenvalue weighted by atomic mass is 9.89. The highest BCUT2D eigenvalue weighted by Gasteiger charge is 2.40. The Labute approximate surface area is 184 Å². The van der Waals surface area contributed by atoms with Crippen molar-refractivity contribution in [2.75, 3.05) is 6.54 Å². The average Bonchev–Trinajstić information content (AvgIpc) is 3.08. The van der Waals surface area contributed by atoms with E-state index in [0.29, 0.717) is 37.1 Å². The van der Waals surface area contributed by atoms with Crippen LogP contribution in [0.3, 0.4) is 0 Å². The van der Waals surface area contributed by atoms with E-state index in [4.69, 9.17) is 0 Å². The van der Waals surface area contributed by atoms with Crippen molar-refractivity contribution >= 4 is 23.6 Å². The number of allylic oxidation sites excluding steroid dienone is 1. The fourth-order valence-corrected chi connectivity index (χ4v) is 5.03. The summed E-state index contributed by atoms with van der Waals surface area (Å²) in [6.45, 7) is 12.5. The third kappa shape index (κ3) is 5.88. The second kappa shape index (κ2) is 10.0. The Morgan fingerprint density at radius 1 is 1.23 bits per heavy atom. The van der Waals surface area contributed by atoms with Crippen molar-refractivity contribution in [3.8, 4) is 0 Å². The number of hydrogen-bond acceptors (Lipinski definition) is 4. The van der Waals surface area contributed by atoms with E-state index in [-0.39, 0.29) is 21.5 Å². The number of amides is 1. The number of hydrogen-bond donors (Lipinski definition) is 2. The van der Waals surface area contributed by atoms with Gasteiger partial charge in [-0.2, -0.15) is 0 Å². The molecular weight excluding hydrogens is 398 g/mol. The van der Waals surface area contributed by atoms with Gasteiger partial charge in [0.1, 0.15) is 4.91 Å². The van der Waals surface area contributed by atoms with Gasteiger partial charge in [0, 0.05) is 29.5 Å². The first-order valence-corrected chi connectivity index (χ1v) is 11.5. The summed E-state index contributed by atoms with van der Waals surface area (Å²) in [4.78, 5) is 27.5. The zero-order chi connectivity index (χ0) is 22.6. The molecule has 0 bridgehead atoms. The molecule has 166 valence electrons. The number of benzene rings is 1. The van der Waals surface area contributed by atoms with Gasteiger partial charge in [0.25, 0.3) is 5.91 Å². The van der Waals surface area contributed by atoms with Crippen LogP contribution in [0.1, 0.15) is 74.9 Å². The molecule has 0 aromatic heterocycles. The Morgan fingerprint density at radius 2 is 1.90 bits per heavy atom. The second-order valence-electron chi connectivity index (χ2n) is 9.26. The fraction of sp³-hybridized carbons (Fsp3) is 0.583. The lowest BCUT2D eigenvalue weighted by Crippen LogP contribution is -2.35. The molecule has 0 aliphatic carbocycles. The quantitative estimate of drug-likeness (QED) is 0.593. The van der Waals surface area contributed by atoms with E-state index < -0.39 is 12.1 Å². The van der Waals surface area contributed by atoms with Crippen LogP contribution in [0.25, 0.3) is 0 Å². The molecule has 1 aliphatic rings. The maximum absolute atomic E-state index is 13.6. The Hall–Kier alpha value is -1.79. The van der Waals surface area contributed by atoms with E-state index in [1.54, 1.807) is 4.90 Å². The number of carboxylic acids is 1. The normalized spacial score (nSPS) is 17.9. The molecule has 0 radical (unpaired) electrons. The predicted octanol–water partition coefficient (Wildman–Crippen LogP) is 5.14. The summed E-state index contributed by atoms with van der Waals surface area (Å²) in [7, 11) is 0. The summed E-state index contributed by atoms with van der Waals surface area (Å²) in [5.74, 6) is -1.19. The molecule has 2 atom stereocenters. The highest BCUT2D eigenvalue weighted by molar-refractivity contribution is 8.04. The zero-order valence-electron chi connectivity index (χ0n) is 19.0. The largest absolute Gasteiger partial charge is 0.477 e. The summed E-state index contributed by atoms with van der Waals surface area (Å²) in [6, 6.07) is 5.68. The van der Waals surface area contributed by atoms with Crippen LogP contribution in [0.5, 0.6) is 0 Å². The Bertz CT molecular complexity index is 825. The van der Waals surface area contributed by atoms with Crippen LogP contribution >= 0.6 is 11.8 Å². The number of aliphatic hydroxyl groups excluding tert-OH is 1. The van der Waals surface area contributed by atoms with Gasteiger partial charge >= 0.3 is 5.97 Å². The molecule has 1 heterocycles. The SMILES string of the molecule is CCCC(O)CCN(C(=O)c1ccc(C)cc1C)C1=C(C(=O)O)SC(C(C)(C)C)C1. The van der Waals surface area contributed by atoms with Gasteiger partial charge in [-0.1, -0.05) is 51.8 Å². The fourth-order valence-electron chi connectivity index (χ4n) is 3.72. The van der Waals surface area contributed by atoms with Crippen LogP contribution in [-0.2, 0) is 4.79 Å². The minimum Gasteiger partial charge on any atom is -0.477 e. The molecule has 1 aromatic rings. The highest BCUT2D eigenvalue weighted by atomic mass is 32.2. The van der Waals surface area contributed by atoms with Gasteiger partial charge in [-0.25, -0.2) is 4.79 Å². The zero-order valence-corrected chi connectivity index (χ0v) is 19.8. The first kappa shape index (κ1) is 24.5. The van der Waals surface area contributed by atoms with Crippen molar-refractivity contribution < 1.29 is 19.8 Å². The number of aryl methyl sites for hydroxylation is 2. The van der Waals surface area contributed by atoms with Crippen molar-refractivity contribution in [2.24, 2.45) is 5.41 Å². The minimum absolute atomic E-state index is 0.0774. The molecule has 0 fully saturated rings. The van der Waals surface area contributed by atoms with Gasteiger partial charge < -0.3 is 15.1 Å². The second-order valence-corrected chi connectivity index (χ2v) is 10.5. The molecule has 5 nitrogen and oxygen atoms in total. The molecule has 1 aliphatic heterocycles. The standard InChI is InChI=1S/C24H35NO4S/c1-7-8-17(26)11-12-25(22(27)18-10-9-15(2)13-16(18)3)19-14-20(24(4,5)6)30-21(19)23(28)29/h9-10,13,17,20,26H,7-8,11-12,14H2,1-6H3,(H,28,29). The maximum atomic E-state index is 13.6. The summed E-state index contributed by atoms with van der Waals surface area (Å²) in [6.07, 6.45) is 1.96. The van der Waals surface area contributed by atoms with Crippen molar-refractivity contribution in [1.29, 1.82) is 0 Å². The number of rotatable bonds is 8. The van der Waals surface area contributed by atoms with Gasteiger partial charge in [0.15, 0.2) is 0 Å². The highest BCUT2D eigenvalue weighted by Crippen LogP contribution is 2.47. The van der Waals surface area contributed by atoms with Crippen LogP contribution in [0.15, 0.2) is 28.8 Å². The van der Waals surface area contributed by atoms with Crippen molar-refractivity contribution in [3.05, 3.63) is 45.5 Å².